The van der Waals surface area contributed by atoms with Crippen LogP contribution in [-0.2, 0) is 21.9 Å². The van der Waals surface area contributed by atoms with Crippen molar-refractivity contribution in [1.29, 1.82) is 0 Å². The van der Waals surface area contributed by atoms with Crippen LogP contribution in [0.4, 0.5) is 30.7 Å². The second-order valence-corrected chi connectivity index (χ2v) is 9.43. The van der Waals surface area contributed by atoms with Crippen molar-refractivity contribution in [3.63, 3.8) is 0 Å². The number of alkyl halides is 6. The molecule has 0 unspecified atom stereocenters. The Kier molecular flexibility index (Phi) is 8.51. The van der Waals surface area contributed by atoms with Gasteiger partial charge in [-0.25, -0.2) is 4.39 Å². The van der Waals surface area contributed by atoms with Crippen molar-refractivity contribution in [3.05, 3.63) is 70.5 Å². The molecule has 0 aromatic heterocycles. The van der Waals surface area contributed by atoms with E-state index >= 15 is 0 Å². The maximum atomic E-state index is 13.6. The summed E-state index contributed by atoms with van der Waals surface area (Å²) in [5, 5.41) is 2.87. The van der Waals surface area contributed by atoms with Crippen LogP contribution in [-0.4, -0.2) is 24.1 Å². The Morgan fingerprint density at radius 1 is 0.973 bits per heavy atom. The summed E-state index contributed by atoms with van der Waals surface area (Å²) in [6.45, 7) is 1.40. The van der Waals surface area contributed by atoms with Gasteiger partial charge < -0.3 is 15.8 Å². The third-order valence-corrected chi connectivity index (χ3v) is 7.05. The lowest BCUT2D eigenvalue weighted by Crippen LogP contribution is -2.36. The fourth-order valence-electron chi connectivity index (χ4n) is 5.31. The van der Waals surface area contributed by atoms with E-state index in [4.69, 9.17) is 10.5 Å². The first-order valence-electron chi connectivity index (χ1n) is 11.5. The molecular weight excluding hydrogens is 529 g/mol. The number of ether oxygens (including phenoxy) is 1. The quantitative estimate of drug-likeness (QED) is 0.436. The molecule has 204 valence electrons. The number of hydrogen-bond donors (Lipinski definition) is 2. The average molecular weight is 555 g/mol. The molecular formula is C25H26ClF7N2O2. The molecule has 4 rings (SSSR count). The maximum Gasteiger partial charge on any atom is 0.416 e. The van der Waals surface area contributed by atoms with Gasteiger partial charge in [-0.1, -0.05) is 12.1 Å². The highest BCUT2D eigenvalue weighted by Gasteiger charge is 2.46. The van der Waals surface area contributed by atoms with Gasteiger partial charge in [0.25, 0.3) is 0 Å². The Morgan fingerprint density at radius 2 is 1.54 bits per heavy atom. The molecule has 0 bridgehead atoms. The summed E-state index contributed by atoms with van der Waals surface area (Å²) < 4.78 is 99.6. The van der Waals surface area contributed by atoms with Crippen LogP contribution in [0.5, 0.6) is 0 Å². The second-order valence-electron chi connectivity index (χ2n) is 9.43. The van der Waals surface area contributed by atoms with Gasteiger partial charge in [0.1, 0.15) is 5.82 Å². The first kappa shape index (κ1) is 29.2. The normalized spacial score (nSPS) is 27.1. The highest BCUT2D eigenvalue weighted by molar-refractivity contribution is 5.85. The van der Waals surface area contributed by atoms with E-state index in [1.54, 1.807) is 12.1 Å². The van der Waals surface area contributed by atoms with Crippen molar-refractivity contribution < 1.29 is 40.3 Å². The maximum absolute atomic E-state index is 13.6. The van der Waals surface area contributed by atoms with E-state index in [1.807, 2.05) is 0 Å². The fourth-order valence-corrected chi connectivity index (χ4v) is 5.31. The predicted octanol–water partition coefficient (Wildman–Crippen LogP) is 6.14. The molecule has 2 aromatic rings. The Morgan fingerprint density at radius 3 is 2.03 bits per heavy atom. The third kappa shape index (κ3) is 6.38. The van der Waals surface area contributed by atoms with Crippen LogP contribution >= 0.6 is 12.4 Å². The summed E-state index contributed by atoms with van der Waals surface area (Å²) in [7, 11) is 0. The highest BCUT2D eigenvalue weighted by atomic mass is 35.5. The number of benzene rings is 2. The molecule has 2 fully saturated rings. The smallest absolute Gasteiger partial charge is 0.370 e. The summed E-state index contributed by atoms with van der Waals surface area (Å²) in [6, 6.07) is 6.13. The lowest BCUT2D eigenvalue weighted by molar-refractivity contribution is -0.143. The topological polar surface area (TPSA) is 64.3 Å². The Hall–Kier alpha value is -2.37. The van der Waals surface area contributed by atoms with Crippen molar-refractivity contribution in [1.82, 2.24) is 5.32 Å². The number of carbonyl (C=O) groups excluding carboxylic acids is 1. The van der Waals surface area contributed by atoms with E-state index in [-0.39, 0.29) is 47.8 Å². The van der Waals surface area contributed by atoms with Crippen LogP contribution in [0, 0.1) is 11.7 Å². The van der Waals surface area contributed by atoms with Crippen molar-refractivity contribution in [2.75, 3.05) is 0 Å². The monoisotopic (exact) mass is 554 g/mol. The molecule has 37 heavy (non-hydrogen) atoms. The van der Waals surface area contributed by atoms with E-state index in [2.05, 4.69) is 5.32 Å². The number of amides is 1. The molecule has 6 atom stereocenters. The van der Waals surface area contributed by atoms with E-state index in [9.17, 15) is 35.5 Å². The lowest BCUT2D eigenvalue weighted by atomic mass is 9.82. The molecule has 1 saturated heterocycles. The predicted molar refractivity (Wildman–Crippen MR) is 123 cm³/mol. The minimum absolute atomic E-state index is 0. The van der Waals surface area contributed by atoms with E-state index in [0.717, 1.165) is 0 Å². The first-order valence-corrected chi connectivity index (χ1v) is 11.5. The summed E-state index contributed by atoms with van der Waals surface area (Å²) in [6.07, 6.45) is -10.2. The summed E-state index contributed by atoms with van der Waals surface area (Å²) >= 11 is 0. The van der Waals surface area contributed by atoms with Gasteiger partial charge in [0.15, 0.2) is 0 Å². The van der Waals surface area contributed by atoms with Gasteiger partial charge in [0, 0.05) is 12.0 Å². The third-order valence-electron chi connectivity index (χ3n) is 7.05. The molecule has 1 aliphatic carbocycles. The minimum atomic E-state index is -4.97. The molecule has 1 heterocycles. The zero-order valence-electron chi connectivity index (χ0n) is 19.6. The molecule has 1 aliphatic heterocycles. The standard InChI is InChI=1S/C25H25F7N2O2.ClH/c1-12(14-8-15(24(27,28)29)10-16(9-14)25(30,31)32)36-21-7-6-18(20-11-19(33)23(35)34-20)22(21)13-2-4-17(26)5-3-13;/h2-5,8-10,12,18-22H,6-7,11,33H2,1H3,(H,34,35);1H/t12-,18+,19-,20-,21+,22+;/m1./s1. The summed E-state index contributed by atoms with van der Waals surface area (Å²) in [5.74, 6) is -1.29. The van der Waals surface area contributed by atoms with E-state index in [1.165, 1.54) is 19.1 Å². The van der Waals surface area contributed by atoms with Crippen molar-refractivity contribution in [2.24, 2.45) is 11.7 Å². The van der Waals surface area contributed by atoms with E-state index < -0.39 is 47.5 Å². The van der Waals surface area contributed by atoms with Gasteiger partial charge >= 0.3 is 12.4 Å². The number of rotatable bonds is 5. The molecule has 1 amide bonds. The van der Waals surface area contributed by atoms with Crippen molar-refractivity contribution in [2.45, 2.75) is 68.7 Å². The molecule has 2 aliphatic rings. The van der Waals surface area contributed by atoms with Crippen LogP contribution < -0.4 is 11.1 Å². The molecule has 1 saturated carbocycles. The number of hydrogen-bond acceptors (Lipinski definition) is 3. The Labute approximate surface area is 215 Å². The van der Waals surface area contributed by atoms with Crippen molar-refractivity contribution in [3.8, 4) is 0 Å². The molecule has 12 heteroatoms. The van der Waals surface area contributed by atoms with Gasteiger partial charge in [-0.15, -0.1) is 12.4 Å². The molecule has 3 N–H and O–H groups in total. The van der Waals surface area contributed by atoms with Crippen LogP contribution in [0.2, 0.25) is 0 Å². The summed E-state index contributed by atoms with van der Waals surface area (Å²) in [5.41, 5.74) is 3.47. The van der Waals surface area contributed by atoms with E-state index in [0.29, 0.717) is 37.0 Å². The van der Waals surface area contributed by atoms with Gasteiger partial charge in [-0.2, -0.15) is 26.3 Å². The highest BCUT2D eigenvalue weighted by Crippen LogP contribution is 2.47. The number of nitrogens with one attached hydrogen (secondary N) is 1. The fraction of sp³-hybridized carbons (Fsp3) is 0.480. The average Bonchev–Trinajstić information content (AvgIpc) is 3.35. The summed E-state index contributed by atoms with van der Waals surface area (Å²) in [4.78, 5) is 12.0. The largest absolute Gasteiger partial charge is 0.416 e. The van der Waals surface area contributed by atoms with Crippen LogP contribution in [0.15, 0.2) is 42.5 Å². The Bertz CT molecular complexity index is 1080. The van der Waals surface area contributed by atoms with Gasteiger partial charge in [0.05, 0.1) is 29.4 Å². The molecule has 4 nitrogen and oxygen atoms in total. The molecule has 0 spiro atoms. The Balaban J connectivity index is 0.00000380. The number of nitrogens with two attached hydrogens (primary N) is 1. The SMILES string of the molecule is C[C@@H](O[C@H]1CC[C@@H]([C@H]2C[C@@H](N)C(=O)N2)[C@@H]1c1ccc(F)cc1)c1cc(C(F)(F)F)cc(C(F)(F)F)c1.Cl. The van der Waals surface area contributed by atoms with Crippen molar-refractivity contribution >= 4 is 18.3 Å². The number of carbonyl (C=O) groups is 1. The molecule has 2 aromatic carbocycles. The molecule has 0 radical (unpaired) electrons. The zero-order chi connectivity index (χ0) is 26.4. The van der Waals surface area contributed by atoms with Crippen LogP contribution in [0.1, 0.15) is 60.5 Å². The van der Waals surface area contributed by atoms with Gasteiger partial charge in [-0.3, -0.25) is 4.79 Å². The number of halogens is 8. The lowest BCUT2D eigenvalue weighted by Gasteiger charge is -2.31. The minimum Gasteiger partial charge on any atom is -0.370 e. The second kappa shape index (κ2) is 10.8. The first-order chi connectivity index (χ1) is 16.7. The van der Waals surface area contributed by atoms with Crippen LogP contribution in [0.3, 0.4) is 0 Å². The van der Waals surface area contributed by atoms with Gasteiger partial charge in [0.2, 0.25) is 5.91 Å². The van der Waals surface area contributed by atoms with Gasteiger partial charge in [-0.05, 0) is 73.6 Å². The zero-order valence-corrected chi connectivity index (χ0v) is 20.4. The van der Waals surface area contributed by atoms with Crippen LogP contribution in [0.25, 0.3) is 0 Å².